The third-order valence-electron chi connectivity index (χ3n) is 8.49. The molecule has 0 radical (unpaired) electrons. The molecule has 3 aromatic rings. The van der Waals surface area contributed by atoms with Crippen molar-refractivity contribution in [3.05, 3.63) is 78.1 Å². The monoisotopic (exact) mass is 529 g/mol. The van der Waals surface area contributed by atoms with Crippen LogP contribution in [-0.4, -0.2) is 51.3 Å². The van der Waals surface area contributed by atoms with Crippen LogP contribution in [0.4, 0.5) is 5.69 Å². The fraction of sp³-hybridized carbons (Fsp3) is 0.467. The van der Waals surface area contributed by atoms with Crippen molar-refractivity contribution in [1.82, 2.24) is 20.3 Å². The molecule has 39 heavy (non-hydrogen) atoms. The Bertz CT molecular complexity index is 1340. The Morgan fingerprint density at radius 2 is 1.97 bits per heavy atom. The van der Waals surface area contributed by atoms with Crippen molar-refractivity contribution in [3.8, 4) is 0 Å². The molecule has 2 bridgehead atoms. The Hall–Kier alpha value is -3.56. The van der Waals surface area contributed by atoms with Crippen molar-refractivity contribution < 1.29 is 19.1 Å². The van der Waals surface area contributed by atoms with Gasteiger partial charge in [-0.2, -0.15) is 0 Å². The zero-order chi connectivity index (χ0) is 27.4. The number of carbonyl (C=O) groups excluding carboxylic acids is 2. The quantitative estimate of drug-likeness (QED) is 0.497. The molecule has 2 saturated heterocycles. The molecule has 9 nitrogen and oxygen atoms in total. The lowest BCUT2D eigenvalue weighted by Gasteiger charge is -2.36. The molecule has 4 heterocycles. The second-order valence-corrected chi connectivity index (χ2v) is 12.1. The number of ether oxygens (including phenoxy) is 2. The van der Waals surface area contributed by atoms with Crippen molar-refractivity contribution in [2.24, 2.45) is 11.8 Å². The van der Waals surface area contributed by atoms with E-state index in [1.54, 1.807) is 24.7 Å². The Kier molecular flexibility index (Phi) is 6.31. The summed E-state index contributed by atoms with van der Waals surface area (Å²) < 4.78 is 12.3. The predicted octanol–water partition coefficient (Wildman–Crippen LogP) is 4.15. The van der Waals surface area contributed by atoms with Crippen LogP contribution < -0.4 is 10.2 Å². The van der Waals surface area contributed by atoms with E-state index in [-0.39, 0.29) is 35.1 Å². The molecule has 9 heteroatoms. The van der Waals surface area contributed by atoms with Gasteiger partial charge in [0.2, 0.25) is 5.91 Å². The van der Waals surface area contributed by atoms with E-state index in [9.17, 15) is 9.59 Å². The third kappa shape index (κ3) is 4.63. The number of nitrogens with zero attached hydrogens (tertiary/aromatic N) is 3. The number of rotatable bonds is 6. The number of anilines is 1. The summed E-state index contributed by atoms with van der Waals surface area (Å²) in [6, 6.07) is 10.3. The summed E-state index contributed by atoms with van der Waals surface area (Å²) >= 11 is 0. The second kappa shape index (κ2) is 9.57. The minimum Gasteiger partial charge on any atom is -0.350 e. The SMILES string of the molecule is CC(C)(C)c1ccc(N(C(=O)c2c[nH]cn2)C(C(=O)NC2C[C@@H]3CO[C@]4(C)OC2C[C@H]34)c2cccnc2)cc1. The zero-order valence-electron chi connectivity index (χ0n) is 22.8. The largest absolute Gasteiger partial charge is 0.350 e. The van der Waals surface area contributed by atoms with Crippen molar-refractivity contribution in [1.29, 1.82) is 0 Å². The van der Waals surface area contributed by atoms with Gasteiger partial charge in [-0.3, -0.25) is 19.5 Å². The van der Waals surface area contributed by atoms with Crippen LogP contribution in [0.2, 0.25) is 0 Å². The number of hydrogen-bond donors (Lipinski definition) is 2. The summed E-state index contributed by atoms with van der Waals surface area (Å²) in [5.41, 5.74) is 2.49. The van der Waals surface area contributed by atoms with E-state index < -0.39 is 11.8 Å². The van der Waals surface area contributed by atoms with Crippen molar-refractivity contribution in [2.45, 2.75) is 69.9 Å². The van der Waals surface area contributed by atoms with E-state index in [1.165, 1.54) is 11.2 Å². The Labute approximate surface area is 228 Å². The molecule has 204 valence electrons. The lowest BCUT2D eigenvalue weighted by atomic mass is 9.76. The summed E-state index contributed by atoms with van der Waals surface area (Å²) in [5.74, 6) is -0.558. The lowest BCUT2D eigenvalue weighted by molar-refractivity contribution is -0.205. The molecule has 2 aliphatic heterocycles. The molecule has 1 aliphatic carbocycles. The van der Waals surface area contributed by atoms with Crippen LogP contribution in [0.25, 0.3) is 0 Å². The highest BCUT2D eigenvalue weighted by Gasteiger charge is 2.60. The fourth-order valence-corrected chi connectivity index (χ4v) is 6.38. The van der Waals surface area contributed by atoms with Gasteiger partial charge in [0, 0.05) is 35.8 Å². The van der Waals surface area contributed by atoms with Gasteiger partial charge in [-0.25, -0.2) is 4.98 Å². The number of benzene rings is 1. The number of carbonyl (C=O) groups is 2. The summed E-state index contributed by atoms with van der Waals surface area (Å²) in [7, 11) is 0. The first kappa shape index (κ1) is 25.7. The van der Waals surface area contributed by atoms with E-state index in [0.717, 1.165) is 18.4 Å². The first-order valence-electron chi connectivity index (χ1n) is 13.6. The number of pyridine rings is 1. The third-order valence-corrected chi connectivity index (χ3v) is 8.49. The smallest absolute Gasteiger partial charge is 0.279 e. The Morgan fingerprint density at radius 1 is 1.18 bits per heavy atom. The summed E-state index contributed by atoms with van der Waals surface area (Å²) in [6.45, 7) is 9.05. The lowest BCUT2D eigenvalue weighted by Crippen LogP contribution is -2.52. The first-order valence-corrected chi connectivity index (χ1v) is 13.6. The van der Waals surface area contributed by atoms with E-state index in [4.69, 9.17) is 9.47 Å². The molecule has 2 amide bonds. The van der Waals surface area contributed by atoms with E-state index >= 15 is 0 Å². The standard InChI is InChI=1S/C30H35N5O4/c1-29(2,3)20-7-9-21(10-8-20)35(28(37)24-15-32-17-33-24)26(18-6-5-11-31-14-18)27(36)34-23-12-19-16-38-30(4)22(19)13-25(23)39-30/h5-11,14-15,17,19,22-23,25-26H,12-13,16H2,1-4H3,(H,32,33)(H,34,36)/t19-,22-,23?,25?,26?,30-/m1/s1. The van der Waals surface area contributed by atoms with Crippen LogP contribution in [0.1, 0.15) is 68.2 Å². The van der Waals surface area contributed by atoms with Gasteiger partial charge < -0.3 is 19.8 Å². The van der Waals surface area contributed by atoms with Gasteiger partial charge in [-0.05, 0) is 54.9 Å². The first-order chi connectivity index (χ1) is 18.6. The molecular formula is C30H35N5O4. The molecule has 6 rings (SSSR count). The van der Waals surface area contributed by atoms with Crippen molar-refractivity contribution in [3.63, 3.8) is 0 Å². The average Bonchev–Trinajstić information content (AvgIpc) is 3.62. The van der Waals surface area contributed by atoms with Gasteiger partial charge >= 0.3 is 0 Å². The maximum atomic E-state index is 14.2. The van der Waals surface area contributed by atoms with Gasteiger partial charge in [0.25, 0.3) is 5.91 Å². The number of fused-ring (bicyclic) bond motifs is 1. The Balaban J connectivity index is 1.37. The minimum atomic E-state index is -0.966. The number of amides is 2. The maximum Gasteiger partial charge on any atom is 0.279 e. The van der Waals surface area contributed by atoms with E-state index in [2.05, 4.69) is 41.0 Å². The Morgan fingerprint density at radius 3 is 2.64 bits per heavy atom. The molecule has 1 saturated carbocycles. The maximum absolute atomic E-state index is 14.2. The fourth-order valence-electron chi connectivity index (χ4n) is 6.38. The summed E-state index contributed by atoms with van der Waals surface area (Å²) in [6.07, 6.45) is 7.80. The minimum absolute atomic E-state index is 0.0600. The molecule has 1 aromatic carbocycles. The van der Waals surface area contributed by atoms with E-state index in [0.29, 0.717) is 29.7 Å². The van der Waals surface area contributed by atoms with Gasteiger partial charge in [0.1, 0.15) is 11.7 Å². The number of imidazole rings is 1. The van der Waals surface area contributed by atoms with Crippen LogP contribution in [0, 0.1) is 11.8 Å². The van der Waals surface area contributed by atoms with Crippen molar-refractivity contribution in [2.75, 3.05) is 11.5 Å². The number of hydrogen-bond acceptors (Lipinski definition) is 6. The summed E-state index contributed by atoms with van der Waals surface area (Å²) in [4.78, 5) is 41.1. The van der Waals surface area contributed by atoms with Gasteiger partial charge in [-0.15, -0.1) is 0 Å². The van der Waals surface area contributed by atoms with Crippen LogP contribution in [0.5, 0.6) is 0 Å². The highest BCUT2D eigenvalue weighted by molar-refractivity contribution is 6.09. The molecule has 3 fully saturated rings. The average molecular weight is 530 g/mol. The van der Waals surface area contributed by atoms with Gasteiger partial charge in [-0.1, -0.05) is 39.0 Å². The van der Waals surface area contributed by atoms with Crippen LogP contribution in [0.15, 0.2) is 61.3 Å². The highest BCUT2D eigenvalue weighted by atomic mass is 16.7. The van der Waals surface area contributed by atoms with Crippen LogP contribution in [0.3, 0.4) is 0 Å². The molecular weight excluding hydrogens is 494 g/mol. The van der Waals surface area contributed by atoms with Crippen LogP contribution in [-0.2, 0) is 19.7 Å². The molecule has 2 aromatic heterocycles. The number of aromatic nitrogens is 3. The van der Waals surface area contributed by atoms with Crippen LogP contribution >= 0.6 is 0 Å². The number of aromatic amines is 1. The highest BCUT2D eigenvalue weighted by Crippen LogP contribution is 2.53. The summed E-state index contributed by atoms with van der Waals surface area (Å²) in [5, 5.41) is 3.26. The second-order valence-electron chi connectivity index (χ2n) is 12.1. The normalized spacial score (nSPS) is 28.2. The van der Waals surface area contributed by atoms with E-state index in [1.807, 2.05) is 37.3 Å². The van der Waals surface area contributed by atoms with Gasteiger partial charge in [0.05, 0.1) is 25.1 Å². The predicted molar refractivity (Wildman–Crippen MR) is 145 cm³/mol. The molecule has 6 atom stereocenters. The van der Waals surface area contributed by atoms with Crippen molar-refractivity contribution >= 4 is 17.5 Å². The number of nitrogens with one attached hydrogen (secondary N) is 2. The van der Waals surface area contributed by atoms with Gasteiger partial charge in [0.15, 0.2) is 5.79 Å². The molecule has 3 unspecified atom stereocenters. The molecule has 2 N–H and O–H groups in total. The number of H-pyrrole nitrogens is 1. The molecule has 3 aliphatic rings. The topological polar surface area (TPSA) is 109 Å². The zero-order valence-corrected chi connectivity index (χ0v) is 22.8. The molecule has 0 spiro atoms.